The van der Waals surface area contributed by atoms with E-state index in [9.17, 15) is 4.79 Å². The van der Waals surface area contributed by atoms with Gasteiger partial charge >= 0.3 is 5.97 Å². The van der Waals surface area contributed by atoms with Crippen LogP contribution in [0.1, 0.15) is 29.0 Å². The van der Waals surface area contributed by atoms with Crippen LogP contribution in [0, 0.1) is 6.92 Å². The van der Waals surface area contributed by atoms with Gasteiger partial charge in [0, 0.05) is 20.8 Å². The Morgan fingerprint density at radius 1 is 1.41 bits per heavy atom. The maximum Gasteiger partial charge on any atom is 0.358 e. The molecule has 96 valence electrons. The summed E-state index contributed by atoms with van der Waals surface area (Å²) in [6.07, 6.45) is 1.64. The van der Waals surface area contributed by atoms with E-state index < -0.39 is 5.97 Å². The van der Waals surface area contributed by atoms with E-state index in [0.717, 1.165) is 12.8 Å². The second-order valence-electron chi connectivity index (χ2n) is 3.81. The van der Waals surface area contributed by atoms with Crippen LogP contribution in [0.15, 0.2) is 0 Å². The monoisotopic (exact) mass is 241 g/mol. The van der Waals surface area contributed by atoms with E-state index >= 15 is 0 Å². The van der Waals surface area contributed by atoms with Gasteiger partial charge in [-0.05, 0) is 19.8 Å². The molecule has 1 aromatic heterocycles. The molecule has 1 rings (SSSR count). The summed E-state index contributed by atoms with van der Waals surface area (Å²) in [5, 5.41) is 4.06. The van der Waals surface area contributed by atoms with E-state index in [2.05, 4.69) is 5.10 Å². The van der Waals surface area contributed by atoms with Gasteiger partial charge in [-0.2, -0.15) is 5.10 Å². The Balaban J connectivity index is 2.47. The number of nitrogens with zero attached hydrogens (tertiary/aromatic N) is 2. The number of nitrogens with two attached hydrogens (primary N) is 1. The van der Waals surface area contributed by atoms with Crippen LogP contribution in [0.3, 0.4) is 0 Å². The van der Waals surface area contributed by atoms with Crippen molar-refractivity contribution in [3.05, 3.63) is 11.4 Å². The van der Waals surface area contributed by atoms with Crippen LogP contribution < -0.4 is 5.73 Å². The molecule has 2 N–H and O–H groups in total. The molecule has 0 aromatic carbocycles. The zero-order valence-corrected chi connectivity index (χ0v) is 10.5. The normalized spacial score (nSPS) is 10.5. The van der Waals surface area contributed by atoms with E-state index in [1.807, 2.05) is 0 Å². The Kier molecular flexibility index (Phi) is 4.96. The van der Waals surface area contributed by atoms with Crippen molar-refractivity contribution < 1.29 is 14.3 Å². The third-order valence-corrected chi connectivity index (χ3v) is 2.44. The zero-order chi connectivity index (χ0) is 12.8. The van der Waals surface area contributed by atoms with Crippen molar-refractivity contribution in [3.8, 4) is 0 Å². The van der Waals surface area contributed by atoms with Gasteiger partial charge in [-0.3, -0.25) is 4.68 Å². The Bertz CT molecular complexity index is 388. The number of carbonyl (C=O) groups excluding carboxylic acids is 1. The summed E-state index contributed by atoms with van der Waals surface area (Å²) >= 11 is 0. The lowest BCUT2D eigenvalue weighted by molar-refractivity contribution is 0.0478. The Morgan fingerprint density at radius 2 is 2.06 bits per heavy atom. The third-order valence-electron chi connectivity index (χ3n) is 2.44. The summed E-state index contributed by atoms with van der Waals surface area (Å²) in [6.45, 7) is 2.79. The summed E-state index contributed by atoms with van der Waals surface area (Å²) in [5.74, 6) is -0.428. The van der Waals surface area contributed by atoms with Gasteiger partial charge in [0.15, 0.2) is 5.69 Å². The molecular weight excluding hydrogens is 222 g/mol. The smallest absolute Gasteiger partial charge is 0.358 e. The number of hydrogen-bond acceptors (Lipinski definition) is 5. The SMILES string of the molecule is COCCCCOC(=O)c1c(N)c(C)nn1C. The molecule has 6 heteroatoms. The number of anilines is 1. The molecule has 6 nitrogen and oxygen atoms in total. The second-order valence-corrected chi connectivity index (χ2v) is 3.81. The first-order valence-corrected chi connectivity index (χ1v) is 5.53. The molecule has 0 aliphatic carbocycles. The maximum atomic E-state index is 11.7. The van der Waals surface area contributed by atoms with E-state index in [4.69, 9.17) is 15.2 Å². The standard InChI is InChI=1S/C11H19N3O3/c1-8-9(12)10(14(2)13-8)11(15)17-7-5-4-6-16-3/h4-7,12H2,1-3H3. The van der Waals surface area contributed by atoms with Crippen molar-refractivity contribution in [1.82, 2.24) is 9.78 Å². The van der Waals surface area contributed by atoms with Crippen molar-refractivity contribution in [2.45, 2.75) is 19.8 Å². The van der Waals surface area contributed by atoms with Crippen LogP contribution in [0.5, 0.6) is 0 Å². The third kappa shape index (κ3) is 3.45. The highest BCUT2D eigenvalue weighted by Crippen LogP contribution is 2.16. The highest BCUT2D eigenvalue weighted by atomic mass is 16.5. The zero-order valence-electron chi connectivity index (χ0n) is 10.5. The van der Waals surface area contributed by atoms with Crippen molar-refractivity contribution >= 4 is 11.7 Å². The lowest BCUT2D eigenvalue weighted by Gasteiger charge is -2.05. The van der Waals surface area contributed by atoms with Gasteiger partial charge in [-0.15, -0.1) is 0 Å². The molecule has 17 heavy (non-hydrogen) atoms. The fourth-order valence-corrected chi connectivity index (χ4v) is 1.50. The van der Waals surface area contributed by atoms with Crippen LogP contribution in [-0.2, 0) is 16.5 Å². The average molecular weight is 241 g/mol. The first-order chi connectivity index (χ1) is 8.07. The van der Waals surface area contributed by atoms with Crippen LogP contribution in [0.2, 0.25) is 0 Å². The Morgan fingerprint density at radius 3 is 2.59 bits per heavy atom. The predicted octanol–water partition coefficient (Wildman–Crippen LogP) is 0.894. The molecule has 0 amide bonds. The van der Waals surface area contributed by atoms with Gasteiger partial charge in [0.2, 0.25) is 0 Å². The van der Waals surface area contributed by atoms with E-state index in [-0.39, 0.29) is 0 Å². The molecule has 0 radical (unpaired) electrons. The summed E-state index contributed by atoms with van der Waals surface area (Å²) in [7, 11) is 3.32. The van der Waals surface area contributed by atoms with Gasteiger partial charge < -0.3 is 15.2 Å². The fraction of sp³-hybridized carbons (Fsp3) is 0.636. The first-order valence-electron chi connectivity index (χ1n) is 5.53. The van der Waals surface area contributed by atoms with Crippen LogP contribution in [0.25, 0.3) is 0 Å². The van der Waals surface area contributed by atoms with Gasteiger partial charge in [0.05, 0.1) is 18.0 Å². The minimum atomic E-state index is -0.428. The summed E-state index contributed by atoms with van der Waals surface area (Å²) in [6, 6.07) is 0. The molecule has 0 saturated carbocycles. The molecule has 0 fully saturated rings. The van der Waals surface area contributed by atoms with Gasteiger partial charge in [0.1, 0.15) is 0 Å². The lowest BCUT2D eigenvalue weighted by Crippen LogP contribution is -2.13. The molecule has 0 spiro atoms. The number of aromatic nitrogens is 2. The molecule has 0 aliphatic heterocycles. The van der Waals surface area contributed by atoms with Crippen molar-refractivity contribution in [3.63, 3.8) is 0 Å². The number of ether oxygens (including phenoxy) is 2. The summed E-state index contributed by atoms with van der Waals surface area (Å²) in [5.41, 5.74) is 7.09. The van der Waals surface area contributed by atoms with Crippen LogP contribution >= 0.6 is 0 Å². The second kappa shape index (κ2) is 6.24. The number of rotatable bonds is 6. The lowest BCUT2D eigenvalue weighted by atomic mass is 10.3. The topological polar surface area (TPSA) is 79.4 Å². The molecular formula is C11H19N3O3. The van der Waals surface area contributed by atoms with Gasteiger partial charge in [-0.25, -0.2) is 4.79 Å². The minimum absolute atomic E-state index is 0.314. The minimum Gasteiger partial charge on any atom is -0.461 e. The first kappa shape index (κ1) is 13.5. The Labute approximate surface area is 101 Å². The van der Waals surface area contributed by atoms with E-state index in [0.29, 0.717) is 30.3 Å². The van der Waals surface area contributed by atoms with E-state index in [1.54, 1.807) is 21.1 Å². The highest BCUT2D eigenvalue weighted by molar-refractivity contribution is 5.93. The number of methoxy groups -OCH3 is 1. The van der Waals surface area contributed by atoms with Gasteiger partial charge in [-0.1, -0.05) is 0 Å². The predicted molar refractivity (Wildman–Crippen MR) is 63.7 cm³/mol. The quantitative estimate of drug-likeness (QED) is 0.591. The highest BCUT2D eigenvalue weighted by Gasteiger charge is 2.18. The fourth-order valence-electron chi connectivity index (χ4n) is 1.50. The van der Waals surface area contributed by atoms with E-state index in [1.165, 1.54) is 4.68 Å². The van der Waals surface area contributed by atoms with Gasteiger partial charge in [0.25, 0.3) is 0 Å². The maximum absolute atomic E-state index is 11.7. The number of unbranched alkanes of at least 4 members (excludes halogenated alkanes) is 1. The molecule has 0 saturated heterocycles. The number of nitrogen functional groups attached to an aromatic ring is 1. The molecule has 1 heterocycles. The molecule has 0 bridgehead atoms. The molecule has 0 aliphatic rings. The Hall–Kier alpha value is -1.56. The average Bonchev–Trinajstić information content (AvgIpc) is 2.53. The summed E-state index contributed by atoms with van der Waals surface area (Å²) < 4.78 is 11.5. The van der Waals surface area contributed by atoms with Crippen molar-refractivity contribution in [2.75, 3.05) is 26.1 Å². The van der Waals surface area contributed by atoms with Crippen LogP contribution in [0.4, 0.5) is 5.69 Å². The van der Waals surface area contributed by atoms with Crippen LogP contribution in [-0.4, -0.2) is 36.1 Å². The number of hydrogen-bond donors (Lipinski definition) is 1. The van der Waals surface area contributed by atoms with Crippen molar-refractivity contribution in [1.29, 1.82) is 0 Å². The largest absolute Gasteiger partial charge is 0.461 e. The number of esters is 1. The molecule has 0 unspecified atom stereocenters. The number of carbonyl (C=O) groups is 1. The molecule has 0 atom stereocenters. The summed E-state index contributed by atoms with van der Waals surface area (Å²) in [4.78, 5) is 11.7. The molecule has 1 aromatic rings. The van der Waals surface area contributed by atoms with Crippen molar-refractivity contribution in [2.24, 2.45) is 7.05 Å². The number of aryl methyl sites for hydroxylation is 2.